The molecule has 0 atom stereocenters. The first-order valence-corrected chi connectivity index (χ1v) is 8.52. The van der Waals surface area contributed by atoms with Gasteiger partial charge in [0.1, 0.15) is 5.01 Å². The molecule has 1 N–H and O–H groups in total. The molecule has 1 heterocycles. The molecule has 2 aromatic rings. The van der Waals surface area contributed by atoms with Crippen LogP contribution in [0.25, 0.3) is 11.3 Å². The van der Waals surface area contributed by atoms with Crippen LogP contribution in [0.1, 0.15) is 11.9 Å². The van der Waals surface area contributed by atoms with Gasteiger partial charge in [-0.05, 0) is 19.2 Å². The second kappa shape index (κ2) is 5.81. The van der Waals surface area contributed by atoms with Crippen molar-refractivity contribution in [3.05, 3.63) is 34.7 Å². The Labute approximate surface area is 117 Å². The van der Waals surface area contributed by atoms with E-state index < -0.39 is 9.84 Å². The molecule has 0 fully saturated rings. The molecule has 0 bridgehead atoms. The van der Waals surface area contributed by atoms with Gasteiger partial charge >= 0.3 is 0 Å². The molecule has 4 nitrogen and oxygen atoms in total. The second-order valence-corrected chi connectivity index (χ2v) is 7.31. The number of aromatic nitrogens is 1. The predicted octanol–water partition coefficient (Wildman–Crippen LogP) is 2.32. The van der Waals surface area contributed by atoms with Gasteiger partial charge in [0, 0.05) is 17.5 Å². The number of nitrogens with one attached hydrogen (secondary N) is 1. The highest BCUT2D eigenvalue weighted by molar-refractivity contribution is 7.91. The molecule has 102 valence electrons. The Kier molecular flexibility index (Phi) is 4.34. The largest absolute Gasteiger partial charge is 0.314 e. The summed E-state index contributed by atoms with van der Waals surface area (Å²) >= 11 is 1.59. The summed E-state index contributed by atoms with van der Waals surface area (Å²) in [6, 6.07) is 6.90. The van der Waals surface area contributed by atoms with E-state index >= 15 is 0 Å². The van der Waals surface area contributed by atoms with Crippen molar-refractivity contribution in [1.29, 1.82) is 0 Å². The Morgan fingerprint density at radius 3 is 2.53 bits per heavy atom. The summed E-state index contributed by atoms with van der Waals surface area (Å²) in [5.41, 5.74) is 1.82. The van der Waals surface area contributed by atoms with Crippen LogP contribution >= 0.6 is 11.3 Å². The van der Waals surface area contributed by atoms with Crippen LogP contribution in [0.3, 0.4) is 0 Å². The van der Waals surface area contributed by atoms with Crippen LogP contribution in [0, 0.1) is 0 Å². The third-order valence-electron chi connectivity index (χ3n) is 2.77. The van der Waals surface area contributed by atoms with Crippen LogP contribution in [0.15, 0.2) is 34.5 Å². The normalized spacial score (nSPS) is 11.7. The smallest absolute Gasteiger partial charge is 0.178 e. The average molecular weight is 296 g/mol. The van der Waals surface area contributed by atoms with Gasteiger partial charge in [-0.3, -0.25) is 0 Å². The lowest BCUT2D eigenvalue weighted by Crippen LogP contribution is -2.04. The number of hydrogen-bond donors (Lipinski definition) is 1. The Morgan fingerprint density at radius 1 is 1.26 bits per heavy atom. The minimum atomic E-state index is -3.13. The lowest BCUT2D eigenvalue weighted by Gasteiger charge is -2.02. The van der Waals surface area contributed by atoms with E-state index in [9.17, 15) is 8.42 Å². The molecular weight excluding hydrogens is 280 g/mol. The van der Waals surface area contributed by atoms with Crippen molar-refractivity contribution < 1.29 is 8.42 Å². The molecule has 0 unspecified atom stereocenters. The van der Waals surface area contributed by atoms with E-state index in [4.69, 9.17) is 0 Å². The van der Waals surface area contributed by atoms with Gasteiger partial charge in [-0.2, -0.15) is 0 Å². The van der Waals surface area contributed by atoms with Crippen molar-refractivity contribution >= 4 is 21.2 Å². The fourth-order valence-corrected chi connectivity index (χ4v) is 3.37. The molecule has 0 spiro atoms. The summed E-state index contributed by atoms with van der Waals surface area (Å²) in [5, 5.41) is 6.05. The third kappa shape index (κ3) is 3.20. The van der Waals surface area contributed by atoms with Crippen molar-refractivity contribution in [2.75, 3.05) is 12.8 Å². The van der Waals surface area contributed by atoms with Crippen LogP contribution in [0.5, 0.6) is 0 Å². The van der Waals surface area contributed by atoms with E-state index in [-0.39, 0.29) is 5.75 Å². The van der Waals surface area contributed by atoms with Crippen LogP contribution < -0.4 is 5.32 Å². The fourth-order valence-electron chi connectivity index (χ4n) is 1.68. The summed E-state index contributed by atoms with van der Waals surface area (Å²) in [6.07, 6.45) is 0. The van der Waals surface area contributed by atoms with E-state index in [1.54, 1.807) is 42.5 Å². The molecule has 0 aliphatic rings. The standard InChI is InChI=1S/C13H16N2O2S2/c1-3-19(16,17)11-6-4-10(5-7-11)12-9-18-13(15-12)8-14-2/h4-7,9,14H,3,8H2,1-2H3. The Balaban J connectivity index is 2.27. The fraction of sp³-hybridized carbons (Fsp3) is 0.308. The maximum Gasteiger partial charge on any atom is 0.178 e. The zero-order valence-electron chi connectivity index (χ0n) is 10.9. The lowest BCUT2D eigenvalue weighted by molar-refractivity contribution is 0.597. The molecule has 1 aromatic carbocycles. The van der Waals surface area contributed by atoms with Gasteiger partial charge in [0.15, 0.2) is 9.84 Å². The van der Waals surface area contributed by atoms with Crippen molar-refractivity contribution in [2.45, 2.75) is 18.4 Å². The van der Waals surface area contributed by atoms with Gasteiger partial charge in [-0.15, -0.1) is 11.3 Å². The van der Waals surface area contributed by atoms with Gasteiger partial charge in [-0.25, -0.2) is 13.4 Å². The Hall–Kier alpha value is -1.24. The molecule has 19 heavy (non-hydrogen) atoms. The number of benzene rings is 1. The molecule has 2 rings (SSSR count). The number of sulfone groups is 1. The molecule has 0 radical (unpaired) electrons. The first kappa shape index (κ1) is 14.2. The first-order valence-electron chi connectivity index (χ1n) is 5.99. The minimum Gasteiger partial charge on any atom is -0.314 e. The topological polar surface area (TPSA) is 59.1 Å². The van der Waals surface area contributed by atoms with Gasteiger partial charge in [0.05, 0.1) is 16.3 Å². The Morgan fingerprint density at radius 2 is 1.95 bits per heavy atom. The van der Waals surface area contributed by atoms with Gasteiger partial charge in [-0.1, -0.05) is 19.1 Å². The highest BCUT2D eigenvalue weighted by atomic mass is 32.2. The maximum atomic E-state index is 11.7. The van der Waals surface area contributed by atoms with Gasteiger partial charge < -0.3 is 5.32 Å². The Bertz CT molecular complexity index is 646. The summed E-state index contributed by atoms with van der Waals surface area (Å²) in [4.78, 5) is 4.85. The van der Waals surface area contributed by atoms with E-state index in [1.807, 2.05) is 12.4 Å². The van der Waals surface area contributed by atoms with Crippen molar-refractivity contribution in [1.82, 2.24) is 10.3 Å². The summed E-state index contributed by atoms with van der Waals surface area (Å²) < 4.78 is 23.4. The van der Waals surface area contributed by atoms with Crippen molar-refractivity contribution in [2.24, 2.45) is 0 Å². The number of nitrogens with zero attached hydrogens (tertiary/aromatic N) is 1. The van der Waals surface area contributed by atoms with E-state index in [2.05, 4.69) is 10.3 Å². The second-order valence-electron chi connectivity index (χ2n) is 4.08. The zero-order valence-corrected chi connectivity index (χ0v) is 12.5. The van der Waals surface area contributed by atoms with E-state index in [0.29, 0.717) is 4.90 Å². The predicted molar refractivity (Wildman–Crippen MR) is 78.0 cm³/mol. The monoisotopic (exact) mass is 296 g/mol. The molecule has 1 aromatic heterocycles. The SMILES string of the molecule is CCS(=O)(=O)c1ccc(-c2csc(CNC)n2)cc1. The molecule has 0 saturated carbocycles. The summed E-state index contributed by atoms with van der Waals surface area (Å²) in [7, 11) is -1.25. The molecule has 0 aliphatic carbocycles. The van der Waals surface area contributed by atoms with E-state index in [0.717, 1.165) is 22.8 Å². The minimum absolute atomic E-state index is 0.120. The summed E-state index contributed by atoms with van der Waals surface area (Å²) in [6.45, 7) is 2.39. The first-order chi connectivity index (χ1) is 9.06. The molecule has 0 saturated heterocycles. The molecular formula is C13H16N2O2S2. The average Bonchev–Trinajstić information content (AvgIpc) is 2.88. The lowest BCUT2D eigenvalue weighted by atomic mass is 10.2. The molecule has 6 heteroatoms. The highest BCUT2D eigenvalue weighted by Crippen LogP contribution is 2.23. The van der Waals surface area contributed by atoms with Crippen LogP contribution in [-0.2, 0) is 16.4 Å². The van der Waals surface area contributed by atoms with Crippen LogP contribution in [0.4, 0.5) is 0 Å². The quantitative estimate of drug-likeness (QED) is 0.920. The molecule has 0 aliphatic heterocycles. The van der Waals surface area contributed by atoms with Crippen LogP contribution in [0.2, 0.25) is 0 Å². The van der Waals surface area contributed by atoms with Gasteiger partial charge in [0.25, 0.3) is 0 Å². The number of thiazole rings is 1. The summed E-state index contributed by atoms with van der Waals surface area (Å²) in [5.74, 6) is 0.120. The molecule has 0 amide bonds. The number of rotatable bonds is 5. The van der Waals surface area contributed by atoms with Crippen molar-refractivity contribution in [3.8, 4) is 11.3 Å². The maximum absolute atomic E-state index is 11.7. The third-order valence-corrected chi connectivity index (χ3v) is 5.37. The highest BCUT2D eigenvalue weighted by Gasteiger charge is 2.11. The number of hydrogen-bond acceptors (Lipinski definition) is 5. The van der Waals surface area contributed by atoms with Crippen LogP contribution in [-0.4, -0.2) is 26.2 Å². The van der Waals surface area contributed by atoms with Crippen molar-refractivity contribution in [3.63, 3.8) is 0 Å². The zero-order chi connectivity index (χ0) is 13.9. The van der Waals surface area contributed by atoms with E-state index in [1.165, 1.54) is 0 Å². The van der Waals surface area contributed by atoms with Gasteiger partial charge in [0.2, 0.25) is 0 Å².